The van der Waals surface area contributed by atoms with Gasteiger partial charge in [-0.25, -0.2) is 5.10 Å². The molecular formula is C14H15ClN4O4. The predicted molar refractivity (Wildman–Crippen MR) is 87.2 cm³/mol. The van der Waals surface area contributed by atoms with Crippen LogP contribution in [-0.2, 0) is 0 Å². The zero-order chi connectivity index (χ0) is 16.8. The fraction of sp³-hybridized carbons (Fsp3) is 0.214. The van der Waals surface area contributed by atoms with Crippen LogP contribution < -0.4 is 25.2 Å². The number of aromatic nitrogens is 2. The number of rotatable bonds is 6. The second-order valence-electron chi connectivity index (χ2n) is 4.25. The van der Waals surface area contributed by atoms with Crippen molar-refractivity contribution in [3.63, 3.8) is 0 Å². The van der Waals surface area contributed by atoms with Crippen LogP contribution in [0.15, 0.2) is 28.2 Å². The van der Waals surface area contributed by atoms with Crippen molar-refractivity contribution in [1.82, 2.24) is 10.2 Å². The number of methoxy groups -OCH3 is 3. The fourth-order valence-corrected chi connectivity index (χ4v) is 1.92. The third kappa shape index (κ3) is 3.72. The maximum atomic E-state index is 11.3. The van der Waals surface area contributed by atoms with E-state index in [2.05, 4.69) is 20.7 Å². The fourth-order valence-electron chi connectivity index (χ4n) is 1.79. The summed E-state index contributed by atoms with van der Waals surface area (Å²) in [6, 6.07) is 3.39. The Morgan fingerprint density at radius 1 is 1.17 bits per heavy atom. The van der Waals surface area contributed by atoms with Crippen molar-refractivity contribution in [2.45, 2.75) is 0 Å². The number of hydrogen-bond acceptors (Lipinski definition) is 7. The van der Waals surface area contributed by atoms with E-state index < -0.39 is 5.56 Å². The van der Waals surface area contributed by atoms with E-state index in [1.165, 1.54) is 33.7 Å². The van der Waals surface area contributed by atoms with Gasteiger partial charge in [-0.15, -0.1) is 0 Å². The Labute approximate surface area is 137 Å². The molecule has 0 spiro atoms. The largest absolute Gasteiger partial charge is 0.496 e. The third-order valence-corrected chi connectivity index (χ3v) is 3.30. The monoisotopic (exact) mass is 338 g/mol. The van der Waals surface area contributed by atoms with Crippen LogP contribution in [-0.4, -0.2) is 37.7 Å². The van der Waals surface area contributed by atoms with Crippen LogP contribution in [0.25, 0.3) is 0 Å². The Balaban J connectivity index is 2.28. The summed E-state index contributed by atoms with van der Waals surface area (Å²) >= 11 is 5.84. The second kappa shape index (κ2) is 7.50. The Morgan fingerprint density at radius 3 is 2.48 bits per heavy atom. The molecule has 0 saturated carbocycles. The zero-order valence-electron chi connectivity index (χ0n) is 12.7. The van der Waals surface area contributed by atoms with Crippen LogP contribution in [0.4, 0.5) is 5.69 Å². The van der Waals surface area contributed by atoms with Gasteiger partial charge in [0.05, 0.1) is 33.7 Å². The number of ether oxygens (including phenoxy) is 3. The molecule has 8 nitrogen and oxygen atoms in total. The topological polar surface area (TPSA) is 97.8 Å². The number of nitrogens with zero attached hydrogens (tertiary/aromatic N) is 2. The summed E-state index contributed by atoms with van der Waals surface area (Å²) in [5.41, 5.74) is 3.07. The van der Waals surface area contributed by atoms with Crippen LogP contribution in [0.2, 0.25) is 5.02 Å². The Morgan fingerprint density at radius 2 is 1.83 bits per heavy atom. The van der Waals surface area contributed by atoms with Gasteiger partial charge in [-0.05, 0) is 6.07 Å². The van der Waals surface area contributed by atoms with E-state index in [1.807, 2.05) is 0 Å². The molecule has 0 aliphatic heterocycles. The van der Waals surface area contributed by atoms with Crippen molar-refractivity contribution in [3.05, 3.63) is 39.3 Å². The van der Waals surface area contributed by atoms with Gasteiger partial charge in [0, 0.05) is 11.6 Å². The molecule has 0 atom stereocenters. The molecule has 0 aliphatic rings. The lowest BCUT2D eigenvalue weighted by atomic mass is 10.2. The van der Waals surface area contributed by atoms with Gasteiger partial charge in [0.2, 0.25) is 0 Å². The maximum absolute atomic E-state index is 11.3. The van der Waals surface area contributed by atoms with E-state index in [0.29, 0.717) is 22.8 Å². The van der Waals surface area contributed by atoms with Crippen LogP contribution in [0.5, 0.6) is 17.2 Å². The molecule has 1 aromatic heterocycles. The molecule has 23 heavy (non-hydrogen) atoms. The van der Waals surface area contributed by atoms with Gasteiger partial charge in [0.25, 0.3) is 5.56 Å². The number of aromatic amines is 1. The molecule has 0 radical (unpaired) electrons. The number of H-pyrrole nitrogens is 1. The van der Waals surface area contributed by atoms with Gasteiger partial charge >= 0.3 is 0 Å². The van der Waals surface area contributed by atoms with Crippen molar-refractivity contribution < 1.29 is 14.2 Å². The Bertz CT molecular complexity index is 776. The summed E-state index contributed by atoms with van der Waals surface area (Å²) in [5, 5.41) is 9.84. The lowest BCUT2D eigenvalue weighted by molar-refractivity contribution is 0.349. The SMILES string of the molecule is COc1cc(OC)c(OC)cc1/C=N/Nc1cn[nH]c(=O)c1Cl. The molecule has 9 heteroatoms. The van der Waals surface area contributed by atoms with Crippen molar-refractivity contribution >= 4 is 23.5 Å². The minimum atomic E-state index is -0.504. The van der Waals surface area contributed by atoms with Crippen molar-refractivity contribution in [2.75, 3.05) is 26.8 Å². The average Bonchev–Trinajstić information content (AvgIpc) is 2.58. The number of halogens is 1. The first-order valence-corrected chi connectivity index (χ1v) is 6.80. The third-order valence-electron chi connectivity index (χ3n) is 2.92. The van der Waals surface area contributed by atoms with Gasteiger partial charge in [0.1, 0.15) is 16.5 Å². The lowest BCUT2D eigenvalue weighted by Gasteiger charge is -2.11. The number of hydrazone groups is 1. The highest BCUT2D eigenvalue weighted by Crippen LogP contribution is 2.33. The minimum Gasteiger partial charge on any atom is -0.496 e. The number of nitrogens with one attached hydrogen (secondary N) is 2. The molecule has 0 unspecified atom stereocenters. The first kappa shape index (κ1) is 16.6. The first-order valence-electron chi connectivity index (χ1n) is 6.43. The molecular weight excluding hydrogens is 324 g/mol. The molecule has 1 heterocycles. The van der Waals surface area contributed by atoms with E-state index in [0.717, 1.165) is 0 Å². The predicted octanol–water partition coefficient (Wildman–Crippen LogP) is 1.90. The van der Waals surface area contributed by atoms with E-state index in [4.69, 9.17) is 25.8 Å². The highest BCUT2D eigenvalue weighted by molar-refractivity contribution is 6.32. The minimum absolute atomic E-state index is 0.0311. The lowest BCUT2D eigenvalue weighted by Crippen LogP contribution is -2.10. The van der Waals surface area contributed by atoms with Crippen LogP contribution >= 0.6 is 11.6 Å². The van der Waals surface area contributed by atoms with Crippen molar-refractivity contribution in [1.29, 1.82) is 0 Å². The summed E-state index contributed by atoms with van der Waals surface area (Å²) in [6.45, 7) is 0. The molecule has 0 aliphatic carbocycles. The Hall–Kier alpha value is -2.74. The highest BCUT2D eigenvalue weighted by atomic mass is 35.5. The summed E-state index contributed by atoms with van der Waals surface area (Å²) in [6.07, 6.45) is 2.85. The van der Waals surface area contributed by atoms with Gasteiger partial charge < -0.3 is 14.2 Å². The molecule has 0 bridgehead atoms. The first-order chi connectivity index (χ1) is 11.1. The smallest absolute Gasteiger partial charge is 0.285 e. The van der Waals surface area contributed by atoms with Crippen LogP contribution in [0.1, 0.15) is 5.56 Å². The molecule has 122 valence electrons. The van der Waals surface area contributed by atoms with Crippen LogP contribution in [0.3, 0.4) is 0 Å². The molecule has 0 amide bonds. The standard InChI is InChI=1S/C14H15ClN4O4/c1-21-10-5-12(23-3)11(22-2)4-8(10)6-16-18-9-7-17-19-14(20)13(9)15/h4-7H,1-3H3,(H2,18,19,20)/b16-6+. The summed E-state index contributed by atoms with van der Waals surface area (Å²) in [7, 11) is 4.60. The van der Waals surface area contributed by atoms with E-state index >= 15 is 0 Å². The Kier molecular flexibility index (Phi) is 5.42. The average molecular weight is 339 g/mol. The molecule has 2 rings (SSSR count). The summed E-state index contributed by atoms with van der Waals surface area (Å²) in [4.78, 5) is 11.3. The molecule has 0 fully saturated rings. The summed E-state index contributed by atoms with van der Waals surface area (Å²) in [5.74, 6) is 1.62. The van der Waals surface area contributed by atoms with Gasteiger partial charge in [-0.1, -0.05) is 11.6 Å². The van der Waals surface area contributed by atoms with Gasteiger partial charge in [-0.3, -0.25) is 10.2 Å². The number of benzene rings is 1. The molecule has 1 aromatic carbocycles. The number of anilines is 1. The molecule has 0 saturated heterocycles. The normalized spacial score (nSPS) is 10.6. The van der Waals surface area contributed by atoms with Gasteiger partial charge in [-0.2, -0.15) is 10.2 Å². The van der Waals surface area contributed by atoms with E-state index in [9.17, 15) is 4.79 Å². The quantitative estimate of drug-likeness (QED) is 0.616. The van der Waals surface area contributed by atoms with Gasteiger partial charge in [0.15, 0.2) is 11.5 Å². The zero-order valence-corrected chi connectivity index (χ0v) is 13.5. The summed E-state index contributed by atoms with van der Waals surface area (Å²) < 4.78 is 15.7. The van der Waals surface area contributed by atoms with Crippen LogP contribution in [0, 0.1) is 0 Å². The van der Waals surface area contributed by atoms with E-state index in [-0.39, 0.29) is 10.7 Å². The second-order valence-corrected chi connectivity index (χ2v) is 4.62. The van der Waals surface area contributed by atoms with Crippen molar-refractivity contribution in [3.8, 4) is 17.2 Å². The number of hydrogen-bond donors (Lipinski definition) is 2. The molecule has 2 N–H and O–H groups in total. The highest BCUT2D eigenvalue weighted by Gasteiger charge is 2.10. The maximum Gasteiger partial charge on any atom is 0.285 e. The van der Waals surface area contributed by atoms with E-state index in [1.54, 1.807) is 12.1 Å². The molecule has 2 aromatic rings. The van der Waals surface area contributed by atoms with Crippen molar-refractivity contribution in [2.24, 2.45) is 5.10 Å².